The minimum atomic E-state index is -0.905. The van der Waals surface area contributed by atoms with Crippen LogP contribution in [-0.2, 0) is 14.3 Å². The number of nitrogens with zero attached hydrogens (tertiary/aromatic N) is 4. The molecule has 0 aliphatic rings. The van der Waals surface area contributed by atoms with Gasteiger partial charge < -0.3 is 18.7 Å². The Bertz CT molecular complexity index is 1310. The smallest absolute Gasteiger partial charge is 0.316 e. The van der Waals surface area contributed by atoms with E-state index in [0.717, 1.165) is 11.8 Å². The Morgan fingerprint density at radius 3 is 1.71 bits per heavy atom. The molecule has 0 aliphatic carbocycles. The Kier molecular flexibility index (Phi) is 12.6. The topological polar surface area (TPSA) is 173 Å². The van der Waals surface area contributed by atoms with E-state index in [1.54, 1.807) is 24.3 Å². The number of nitrogens with one attached hydrogen (secondary N) is 2. The quantitative estimate of drug-likeness (QED) is 0.139. The van der Waals surface area contributed by atoms with Gasteiger partial charge in [-0.2, -0.15) is 9.97 Å². The Morgan fingerprint density at radius 1 is 0.895 bits per heavy atom. The Labute approximate surface area is 243 Å². The first kappa shape index (κ1) is 31.7. The molecule has 0 bridgehead atoms. The number of carbonyl (C=O) groups excluding carboxylic acids is 1. The molecule has 4 aromatic rings. The highest BCUT2D eigenvalue weighted by molar-refractivity contribution is 9.10. The predicted octanol–water partition coefficient (Wildman–Crippen LogP) is 6.29. The second-order valence-corrected chi connectivity index (χ2v) is 11.1. The molecule has 206 valence electrons. The van der Waals surface area contributed by atoms with Crippen LogP contribution in [0.3, 0.4) is 0 Å². The van der Waals surface area contributed by atoms with Crippen molar-refractivity contribution in [3.63, 3.8) is 0 Å². The zero-order valence-electron chi connectivity index (χ0n) is 21.1. The zero-order valence-corrected chi connectivity index (χ0v) is 25.9. The summed E-state index contributed by atoms with van der Waals surface area (Å²) in [5.74, 6) is 0.998. The van der Waals surface area contributed by atoms with Crippen molar-refractivity contribution >= 4 is 67.3 Å². The lowest BCUT2D eigenvalue weighted by Gasteiger charge is -2.18. The number of esters is 1. The molecule has 0 amide bonds. The lowest BCUT2D eigenvalue weighted by Crippen LogP contribution is -2.24. The fraction of sp³-hybridized carbons (Fsp3) is 0.364. The van der Waals surface area contributed by atoms with Crippen LogP contribution in [0, 0.1) is 0 Å². The highest BCUT2D eigenvalue weighted by Crippen LogP contribution is 2.25. The van der Waals surface area contributed by atoms with Gasteiger partial charge in [0, 0.05) is 0 Å². The summed E-state index contributed by atoms with van der Waals surface area (Å²) in [5, 5.41) is 22.6. The summed E-state index contributed by atoms with van der Waals surface area (Å²) < 4.78 is 17.0. The van der Waals surface area contributed by atoms with Gasteiger partial charge in [-0.1, -0.05) is 37.4 Å². The van der Waals surface area contributed by atoms with Crippen LogP contribution >= 0.6 is 55.4 Å². The van der Waals surface area contributed by atoms with Crippen LogP contribution < -0.4 is 0 Å². The second-order valence-electron chi connectivity index (χ2n) is 7.70. The molecule has 0 fully saturated rings. The van der Waals surface area contributed by atoms with E-state index in [4.69, 9.17) is 18.7 Å². The molecule has 0 atom stereocenters. The maximum atomic E-state index is 11.6. The van der Waals surface area contributed by atoms with Crippen LogP contribution in [0.1, 0.15) is 34.6 Å². The number of carboxylic acid groups (broad SMARTS) is 1. The van der Waals surface area contributed by atoms with E-state index in [-0.39, 0.29) is 17.5 Å². The minimum absolute atomic E-state index is 0.0703. The second kappa shape index (κ2) is 15.1. The third kappa shape index (κ3) is 11.0. The number of halogens is 2. The number of carboxylic acids is 1. The summed E-state index contributed by atoms with van der Waals surface area (Å²) in [4.78, 5) is 30.2. The highest BCUT2D eigenvalue weighted by Gasteiger charge is 2.18. The molecule has 0 unspecified atom stereocenters. The zero-order chi connectivity index (χ0) is 28.3. The lowest BCUT2D eigenvalue weighted by atomic mass is 10.2. The number of H-pyrrole nitrogens is 2. The van der Waals surface area contributed by atoms with Gasteiger partial charge in [0.1, 0.15) is 5.60 Å². The molecule has 16 heteroatoms. The average molecular weight is 694 g/mol. The van der Waals surface area contributed by atoms with Crippen LogP contribution in [-0.4, -0.2) is 64.5 Å². The molecule has 0 saturated carbocycles. The SMILES string of the molecule is CC.CC(C)(C)OC(=O)CSc1n[nH]c(-c2ccc(Br)o2)n1.O=C(O)CSc1n[nH]c(-c2ccc(Br)o2)n1. The number of aromatic nitrogens is 6. The number of aliphatic carboxylic acids is 1. The number of ether oxygens (including phenoxy) is 1. The van der Waals surface area contributed by atoms with E-state index in [1.807, 2.05) is 34.6 Å². The first-order chi connectivity index (χ1) is 18.0. The Hall–Kier alpha value is -2.56. The van der Waals surface area contributed by atoms with Gasteiger partial charge in [0.05, 0.1) is 11.5 Å². The van der Waals surface area contributed by atoms with Crippen molar-refractivity contribution < 1.29 is 28.3 Å². The summed E-state index contributed by atoms with van der Waals surface area (Å²) in [6.45, 7) is 9.49. The summed E-state index contributed by atoms with van der Waals surface area (Å²) in [5.41, 5.74) is -0.484. The van der Waals surface area contributed by atoms with Crippen molar-refractivity contribution in [1.82, 2.24) is 30.4 Å². The molecular weight excluding hydrogens is 668 g/mol. The fourth-order valence-electron chi connectivity index (χ4n) is 2.35. The first-order valence-corrected chi connectivity index (χ1v) is 14.6. The molecule has 0 aliphatic heterocycles. The van der Waals surface area contributed by atoms with Crippen molar-refractivity contribution in [2.24, 2.45) is 0 Å². The van der Waals surface area contributed by atoms with Gasteiger partial charge in [-0.25, -0.2) is 0 Å². The van der Waals surface area contributed by atoms with Crippen LogP contribution in [0.4, 0.5) is 0 Å². The van der Waals surface area contributed by atoms with Crippen LogP contribution in [0.5, 0.6) is 0 Å². The van der Waals surface area contributed by atoms with Crippen molar-refractivity contribution in [3.8, 4) is 23.2 Å². The maximum Gasteiger partial charge on any atom is 0.316 e. The predicted molar refractivity (Wildman–Crippen MR) is 150 cm³/mol. The van der Waals surface area contributed by atoms with Crippen LogP contribution in [0.2, 0.25) is 0 Å². The number of hydrogen-bond acceptors (Lipinski definition) is 11. The van der Waals surface area contributed by atoms with E-state index in [0.29, 0.717) is 42.8 Å². The van der Waals surface area contributed by atoms with Crippen molar-refractivity contribution in [3.05, 3.63) is 33.6 Å². The number of carbonyl (C=O) groups is 2. The van der Waals surface area contributed by atoms with E-state index in [9.17, 15) is 9.59 Å². The first-order valence-electron chi connectivity index (χ1n) is 11.0. The van der Waals surface area contributed by atoms with Crippen LogP contribution in [0.25, 0.3) is 23.2 Å². The molecule has 0 saturated heterocycles. The molecule has 4 aromatic heterocycles. The van der Waals surface area contributed by atoms with E-state index in [1.165, 1.54) is 11.8 Å². The molecule has 4 rings (SSSR count). The lowest BCUT2D eigenvalue weighted by molar-refractivity contribution is -0.151. The van der Waals surface area contributed by atoms with Gasteiger partial charge in [0.2, 0.25) is 10.3 Å². The highest BCUT2D eigenvalue weighted by atomic mass is 79.9. The summed E-state index contributed by atoms with van der Waals surface area (Å²) in [6.07, 6.45) is 0. The van der Waals surface area contributed by atoms with Crippen molar-refractivity contribution in [1.29, 1.82) is 0 Å². The normalized spacial score (nSPS) is 10.7. The summed E-state index contributed by atoms with van der Waals surface area (Å²) >= 11 is 8.65. The maximum absolute atomic E-state index is 11.6. The van der Waals surface area contributed by atoms with E-state index >= 15 is 0 Å². The Balaban J connectivity index is 0.000000256. The number of thioether (sulfide) groups is 2. The van der Waals surface area contributed by atoms with Crippen molar-refractivity contribution in [2.75, 3.05) is 11.5 Å². The van der Waals surface area contributed by atoms with Gasteiger partial charge >= 0.3 is 11.9 Å². The molecule has 3 N–H and O–H groups in total. The number of aromatic amines is 2. The van der Waals surface area contributed by atoms with Gasteiger partial charge in [-0.15, -0.1) is 10.2 Å². The monoisotopic (exact) mass is 692 g/mol. The van der Waals surface area contributed by atoms with Gasteiger partial charge in [0.25, 0.3) is 0 Å². The molecule has 0 spiro atoms. The summed E-state index contributed by atoms with van der Waals surface area (Å²) in [6, 6.07) is 7.01. The molecule has 38 heavy (non-hydrogen) atoms. The standard InChI is InChI=1S/C12H14BrN3O3S.C8H6BrN3O3S.C2H6/c1-12(2,3)19-9(17)6-20-11-14-10(15-16-11)7-4-5-8(13)18-7;9-5-2-1-4(15-5)7-10-8(12-11-7)16-3-6(13)14;1-2/h4-5H,6H2,1-3H3,(H,14,15,16);1-2H,3H2,(H,13,14)(H,10,11,12);1-2H3. The van der Waals surface area contributed by atoms with Gasteiger partial charge in [-0.05, 0) is 76.9 Å². The van der Waals surface area contributed by atoms with Gasteiger partial charge in [-0.3, -0.25) is 19.8 Å². The van der Waals surface area contributed by atoms with Crippen molar-refractivity contribution in [2.45, 2.75) is 50.5 Å². The molecule has 0 aromatic carbocycles. The molecule has 12 nitrogen and oxygen atoms in total. The summed E-state index contributed by atoms with van der Waals surface area (Å²) in [7, 11) is 0. The third-order valence-corrected chi connectivity index (χ3v) is 6.11. The van der Waals surface area contributed by atoms with Crippen LogP contribution in [0.15, 0.2) is 52.8 Å². The van der Waals surface area contributed by atoms with E-state index < -0.39 is 11.6 Å². The molecular formula is C22H26Br2N6O6S2. The minimum Gasteiger partial charge on any atom is -0.481 e. The molecule has 0 radical (unpaired) electrons. The number of rotatable bonds is 8. The number of hydrogen-bond donors (Lipinski definition) is 3. The Morgan fingerprint density at radius 2 is 1.34 bits per heavy atom. The largest absolute Gasteiger partial charge is 0.481 e. The third-order valence-electron chi connectivity index (χ3n) is 3.61. The fourth-order valence-corrected chi connectivity index (χ4v) is 4.05. The number of furan rings is 2. The van der Waals surface area contributed by atoms with E-state index in [2.05, 4.69) is 62.2 Å². The molecule has 4 heterocycles. The van der Waals surface area contributed by atoms with Gasteiger partial charge in [0.15, 0.2) is 32.5 Å². The average Bonchev–Trinajstić information content (AvgIpc) is 3.64.